The zero-order chi connectivity index (χ0) is 17.5. The van der Waals surface area contributed by atoms with Gasteiger partial charge in [-0.3, -0.25) is 0 Å². The van der Waals surface area contributed by atoms with E-state index in [9.17, 15) is 17.6 Å². The van der Waals surface area contributed by atoms with E-state index in [0.29, 0.717) is 17.5 Å². The molecule has 0 spiro atoms. The highest BCUT2D eigenvalue weighted by atomic mass is 19.3. The third-order valence-corrected chi connectivity index (χ3v) is 3.20. The number of aryl methyl sites for hydroxylation is 1. The fraction of sp³-hybridized carbons (Fsp3) is 0.105. The largest absolute Gasteiger partial charge is 0.266 e. The molecule has 120 valence electrons. The Morgan fingerprint density at radius 3 is 2.29 bits per heavy atom. The van der Waals surface area contributed by atoms with Crippen molar-refractivity contribution in [2.45, 2.75) is 12.8 Å². The second kappa shape index (κ2) is 7.99. The van der Waals surface area contributed by atoms with E-state index in [-0.39, 0.29) is 17.5 Å². The predicted molar refractivity (Wildman–Crippen MR) is 82.1 cm³/mol. The highest BCUT2D eigenvalue weighted by Gasteiger charge is 2.03. The molecule has 1 nitrogen and oxygen atoms in total. The fourth-order valence-corrected chi connectivity index (χ4v) is 1.99. The van der Waals surface area contributed by atoms with Gasteiger partial charge in [-0.25, -0.2) is 8.78 Å². The van der Waals surface area contributed by atoms with Gasteiger partial charge in [-0.05, 0) is 54.8 Å². The van der Waals surface area contributed by atoms with E-state index in [1.165, 1.54) is 24.3 Å². The lowest BCUT2D eigenvalue weighted by Crippen LogP contribution is -1.90. The summed E-state index contributed by atoms with van der Waals surface area (Å²) in [7, 11) is 0. The molecule has 0 aliphatic heterocycles. The molecule has 5 heteroatoms. The van der Waals surface area contributed by atoms with E-state index >= 15 is 0 Å². The third kappa shape index (κ3) is 4.72. The molecule has 0 saturated carbocycles. The van der Waals surface area contributed by atoms with Crippen molar-refractivity contribution in [2.24, 2.45) is 0 Å². The summed E-state index contributed by atoms with van der Waals surface area (Å²) in [6.07, 6.45) is -0.557. The van der Waals surface area contributed by atoms with Crippen LogP contribution in [0, 0.1) is 34.8 Å². The number of allylic oxidation sites excluding steroid dienone is 1. The average Bonchev–Trinajstić information content (AvgIpc) is 2.54. The molecule has 24 heavy (non-hydrogen) atoms. The fourth-order valence-electron chi connectivity index (χ4n) is 1.99. The summed E-state index contributed by atoms with van der Waals surface area (Å²) < 4.78 is 51.3. The number of nitrogens with zero attached hydrogens (tertiary/aromatic N) is 1. The van der Waals surface area contributed by atoms with Crippen molar-refractivity contribution in [1.82, 2.24) is 0 Å². The van der Waals surface area contributed by atoms with Crippen LogP contribution in [0.5, 0.6) is 0 Å². The second-order valence-corrected chi connectivity index (χ2v) is 4.90. The monoisotopic (exact) mass is 329 g/mol. The van der Waals surface area contributed by atoms with Crippen molar-refractivity contribution in [2.75, 3.05) is 0 Å². The Balaban J connectivity index is 2.15. The highest BCUT2D eigenvalue weighted by Crippen LogP contribution is 2.13. The minimum absolute atomic E-state index is 0.0881. The van der Waals surface area contributed by atoms with Crippen LogP contribution in [0.25, 0.3) is 0 Å². The molecule has 2 aromatic carbocycles. The Bertz CT molecular complexity index is 878. The lowest BCUT2D eigenvalue weighted by atomic mass is 10.1. The first-order chi connectivity index (χ1) is 11.5. The second-order valence-electron chi connectivity index (χ2n) is 4.90. The van der Waals surface area contributed by atoms with Crippen LogP contribution in [-0.2, 0) is 6.42 Å². The van der Waals surface area contributed by atoms with Gasteiger partial charge in [0.15, 0.2) is 0 Å². The molecular formula is C19H11F4N. The lowest BCUT2D eigenvalue weighted by molar-refractivity contribution is 0.417. The minimum Gasteiger partial charge on any atom is -0.206 e. The van der Waals surface area contributed by atoms with Crippen molar-refractivity contribution in [3.8, 4) is 17.9 Å². The number of hydrogen-bond acceptors (Lipinski definition) is 1. The van der Waals surface area contributed by atoms with E-state index < -0.39 is 17.7 Å². The Morgan fingerprint density at radius 2 is 1.67 bits per heavy atom. The van der Waals surface area contributed by atoms with Crippen LogP contribution in [0.2, 0.25) is 0 Å². The van der Waals surface area contributed by atoms with E-state index in [2.05, 4.69) is 11.8 Å². The summed E-state index contributed by atoms with van der Waals surface area (Å²) in [6.45, 7) is 0. The first-order valence-electron chi connectivity index (χ1n) is 7.01. The summed E-state index contributed by atoms with van der Waals surface area (Å²) in [5.74, 6) is 3.96. The van der Waals surface area contributed by atoms with Crippen LogP contribution in [0.4, 0.5) is 17.6 Å². The normalized spacial score (nSPS) is 9.62. The molecule has 0 fully saturated rings. The van der Waals surface area contributed by atoms with Gasteiger partial charge in [-0.15, -0.1) is 0 Å². The van der Waals surface area contributed by atoms with Crippen LogP contribution >= 0.6 is 0 Å². The Hall–Kier alpha value is -3.05. The Morgan fingerprint density at radius 1 is 0.958 bits per heavy atom. The molecule has 2 rings (SSSR count). The van der Waals surface area contributed by atoms with E-state index in [1.807, 2.05) is 0 Å². The quantitative estimate of drug-likeness (QED) is 0.577. The average molecular weight is 329 g/mol. The van der Waals surface area contributed by atoms with E-state index in [4.69, 9.17) is 5.26 Å². The molecule has 0 heterocycles. The molecule has 0 saturated heterocycles. The molecule has 0 N–H and O–H groups in total. The van der Waals surface area contributed by atoms with Crippen molar-refractivity contribution in [1.29, 1.82) is 5.26 Å². The molecule has 0 radical (unpaired) electrons. The first kappa shape index (κ1) is 17.3. The predicted octanol–water partition coefficient (Wildman–Crippen LogP) is 4.95. The Labute approximate surface area is 136 Å². The van der Waals surface area contributed by atoms with Crippen molar-refractivity contribution in [3.63, 3.8) is 0 Å². The summed E-state index contributed by atoms with van der Waals surface area (Å²) in [4.78, 5) is 0. The van der Waals surface area contributed by atoms with Crippen molar-refractivity contribution >= 4 is 0 Å². The number of nitriles is 1. The van der Waals surface area contributed by atoms with Crippen molar-refractivity contribution in [3.05, 3.63) is 82.4 Å². The van der Waals surface area contributed by atoms with Gasteiger partial charge in [-0.2, -0.15) is 14.0 Å². The summed E-state index contributed by atoms with van der Waals surface area (Å²) in [5.41, 5.74) is 0.934. The number of halogens is 4. The molecular weight excluding hydrogens is 318 g/mol. The van der Waals surface area contributed by atoms with Gasteiger partial charge in [0.05, 0.1) is 11.1 Å². The van der Waals surface area contributed by atoms with Crippen LogP contribution in [0.15, 0.2) is 48.6 Å². The van der Waals surface area contributed by atoms with Crippen LogP contribution in [0.1, 0.15) is 28.7 Å². The van der Waals surface area contributed by atoms with Gasteiger partial charge < -0.3 is 0 Å². The third-order valence-electron chi connectivity index (χ3n) is 3.20. The van der Waals surface area contributed by atoms with Crippen LogP contribution < -0.4 is 0 Å². The standard InChI is InChI=1S/C19H11F4N/c20-17-10-13(2-1-3-19(22)23)4-7-15(17)8-5-14-6-9-16(12-24)18(21)11-14/h3-4,6-7,9-11H,1-2H2. The highest BCUT2D eigenvalue weighted by molar-refractivity contribution is 5.46. The maximum absolute atomic E-state index is 14.0. The van der Waals surface area contributed by atoms with Gasteiger partial charge in [0.25, 0.3) is 6.08 Å². The van der Waals surface area contributed by atoms with Gasteiger partial charge in [0, 0.05) is 5.56 Å². The van der Waals surface area contributed by atoms with Crippen LogP contribution in [0.3, 0.4) is 0 Å². The lowest BCUT2D eigenvalue weighted by Gasteiger charge is -2.00. The number of benzene rings is 2. The summed E-state index contributed by atoms with van der Waals surface area (Å²) in [5, 5.41) is 8.65. The zero-order valence-corrected chi connectivity index (χ0v) is 12.4. The van der Waals surface area contributed by atoms with Gasteiger partial charge in [0.1, 0.15) is 17.7 Å². The Kier molecular flexibility index (Phi) is 5.76. The summed E-state index contributed by atoms with van der Waals surface area (Å²) >= 11 is 0. The molecule has 0 aliphatic carbocycles. The molecule has 0 aliphatic rings. The first-order valence-corrected chi connectivity index (χ1v) is 7.01. The molecule has 0 unspecified atom stereocenters. The molecule has 0 bridgehead atoms. The van der Waals surface area contributed by atoms with Crippen molar-refractivity contribution < 1.29 is 17.6 Å². The number of hydrogen-bond donors (Lipinski definition) is 0. The molecule has 0 amide bonds. The summed E-state index contributed by atoms with van der Waals surface area (Å²) in [6, 6.07) is 9.88. The number of rotatable bonds is 3. The topological polar surface area (TPSA) is 23.8 Å². The SMILES string of the molecule is N#Cc1ccc(C#Cc2ccc(CCC=C(F)F)cc2F)cc1F. The van der Waals surface area contributed by atoms with Gasteiger partial charge >= 0.3 is 0 Å². The maximum Gasteiger partial charge on any atom is 0.266 e. The molecule has 2 aromatic rings. The maximum atomic E-state index is 14.0. The van der Waals surface area contributed by atoms with Crippen LogP contribution in [-0.4, -0.2) is 0 Å². The van der Waals surface area contributed by atoms with Gasteiger partial charge in [0.2, 0.25) is 0 Å². The zero-order valence-electron chi connectivity index (χ0n) is 12.4. The molecule has 0 atom stereocenters. The smallest absolute Gasteiger partial charge is 0.206 e. The van der Waals surface area contributed by atoms with E-state index in [0.717, 1.165) is 12.1 Å². The van der Waals surface area contributed by atoms with E-state index in [1.54, 1.807) is 12.1 Å². The van der Waals surface area contributed by atoms with Gasteiger partial charge in [-0.1, -0.05) is 17.9 Å². The minimum atomic E-state index is -1.76. The molecule has 0 aromatic heterocycles.